The summed E-state index contributed by atoms with van der Waals surface area (Å²) in [6, 6.07) is 5.98. The van der Waals surface area contributed by atoms with E-state index in [-0.39, 0.29) is 31.2 Å². The summed E-state index contributed by atoms with van der Waals surface area (Å²) in [6.45, 7) is 2.28. The zero-order valence-corrected chi connectivity index (χ0v) is 17.1. The van der Waals surface area contributed by atoms with Gasteiger partial charge in [0.05, 0.1) is 22.1 Å². The van der Waals surface area contributed by atoms with E-state index in [4.69, 9.17) is 5.26 Å². The van der Waals surface area contributed by atoms with Crippen LogP contribution < -0.4 is 10.2 Å². The first-order chi connectivity index (χ1) is 14.2. The standard InChI is InChI=1S/C20H19F3N4O2S/c1-12-5-8-30-17(12)19(29)27-7-6-26(11-16(27)18(28)25-2)14-4-3-13(10-24)15(9-14)20(21,22)23/h3-5,8-9,16H,6-7,11H2,1-2H3,(H,25,28). The van der Waals surface area contributed by atoms with Crippen LogP contribution in [0.3, 0.4) is 0 Å². The molecular formula is C20H19F3N4O2S. The van der Waals surface area contributed by atoms with Gasteiger partial charge < -0.3 is 15.1 Å². The molecule has 1 aromatic heterocycles. The monoisotopic (exact) mass is 436 g/mol. The highest BCUT2D eigenvalue weighted by molar-refractivity contribution is 7.12. The normalized spacial score (nSPS) is 16.9. The van der Waals surface area contributed by atoms with Gasteiger partial charge in [0.15, 0.2) is 0 Å². The second kappa shape index (κ2) is 8.36. The number of aryl methyl sites for hydroxylation is 1. The molecule has 1 N–H and O–H groups in total. The third kappa shape index (κ3) is 4.11. The van der Waals surface area contributed by atoms with Crippen LogP contribution in [0.1, 0.15) is 26.4 Å². The number of carbonyl (C=O) groups is 2. The molecule has 0 radical (unpaired) electrons. The maximum atomic E-state index is 13.3. The molecule has 0 aliphatic carbocycles. The molecule has 1 unspecified atom stereocenters. The minimum absolute atomic E-state index is 0.0407. The Bertz CT molecular complexity index is 1010. The number of hydrogen-bond donors (Lipinski definition) is 1. The molecule has 2 heterocycles. The number of alkyl halides is 3. The fourth-order valence-corrected chi connectivity index (χ4v) is 4.32. The predicted molar refractivity (Wildman–Crippen MR) is 106 cm³/mol. The molecule has 0 saturated carbocycles. The van der Waals surface area contributed by atoms with E-state index < -0.39 is 29.3 Å². The Labute approximate surface area is 175 Å². The van der Waals surface area contributed by atoms with Crippen molar-refractivity contribution in [3.05, 3.63) is 51.2 Å². The van der Waals surface area contributed by atoms with E-state index in [9.17, 15) is 22.8 Å². The van der Waals surface area contributed by atoms with Crippen molar-refractivity contribution in [3.8, 4) is 6.07 Å². The Morgan fingerprint density at radius 2 is 2.00 bits per heavy atom. The number of thiophene rings is 1. The molecular weight excluding hydrogens is 417 g/mol. The zero-order valence-electron chi connectivity index (χ0n) is 16.3. The molecule has 1 atom stereocenters. The summed E-state index contributed by atoms with van der Waals surface area (Å²) >= 11 is 1.29. The van der Waals surface area contributed by atoms with Gasteiger partial charge in [0, 0.05) is 32.4 Å². The summed E-state index contributed by atoms with van der Waals surface area (Å²) in [7, 11) is 1.45. The number of halogens is 3. The molecule has 1 fully saturated rings. The van der Waals surface area contributed by atoms with Gasteiger partial charge >= 0.3 is 6.18 Å². The molecule has 30 heavy (non-hydrogen) atoms. The fourth-order valence-electron chi connectivity index (χ4n) is 3.43. The van der Waals surface area contributed by atoms with Crippen molar-refractivity contribution in [1.82, 2.24) is 10.2 Å². The van der Waals surface area contributed by atoms with Crippen LogP contribution in [-0.2, 0) is 11.0 Å². The van der Waals surface area contributed by atoms with Crippen LogP contribution in [0.25, 0.3) is 0 Å². The Morgan fingerprint density at radius 1 is 1.27 bits per heavy atom. The van der Waals surface area contributed by atoms with E-state index in [0.717, 1.165) is 17.7 Å². The molecule has 158 valence electrons. The summed E-state index contributed by atoms with van der Waals surface area (Å²) in [6.07, 6.45) is -4.67. The number of likely N-dealkylation sites (N-methyl/N-ethyl adjacent to an activating group) is 1. The van der Waals surface area contributed by atoms with Crippen molar-refractivity contribution in [2.75, 3.05) is 31.6 Å². The molecule has 6 nitrogen and oxygen atoms in total. The first kappa shape index (κ1) is 21.6. The van der Waals surface area contributed by atoms with Gasteiger partial charge in [0.25, 0.3) is 5.91 Å². The van der Waals surface area contributed by atoms with Gasteiger partial charge in [-0.1, -0.05) is 0 Å². The van der Waals surface area contributed by atoms with Gasteiger partial charge in [-0.3, -0.25) is 9.59 Å². The molecule has 3 rings (SSSR count). The first-order valence-electron chi connectivity index (χ1n) is 9.10. The number of nitriles is 1. The average molecular weight is 436 g/mol. The molecule has 0 bridgehead atoms. The lowest BCUT2D eigenvalue weighted by Gasteiger charge is -2.41. The van der Waals surface area contributed by atoms with E-state index in [0.29, 0.717) is 4.88 Å². The van der Waals surface area contributed by atoms with Crippen LogP contribution in [0, 0.1) is 18.3 Å². The lowest BCUT2D eigenvalue weighted by molar-refractivity contribution is -0.137. The Morgan fingerprint density at radius 3 is 2.57 bits per heavy atom. The number of rotatable bonds is 3. The number of amides is 2. The van der Waals surface area contributed by atoms with Gasteiger partial charge in [-0.2, -0.15) is 18.4 Å². The molecule has 2 aromatic rings. The van der Waals surface area contributed by atoms with Crippen molar-refractivity contribution in [3.63, 3.8) is 0 Å². The smallest absolute Gasteiger partial charge is 0.367 e. The lowest BCUT2D eigenvalue weighted by Crippen LogP contribution is -2.60. The number of hydrogen-bond acceptors (Lipinski definition) is 5. The van der Waals surface area contributed by atoms with E-state index in [2.05, 4.69) is 5.32 Å². The third-order valence-electron chi connectivity index (χ3n) is 5.04. The average Bonchev–Trinajstić information content (AvgIpc) is 3.17. The van der Waals surface area contributed by atoms with Gasteiger partial charge in [0.1, 0.15) is 6.04 Å². The first-order valence-corrected chi connectivity index (χ1v) is 9.98. The van der Waals surface area contributed by atoms with Gasteiger partial charge in [-0.15, -0.1) is 11.3 Å². The topological polar surface area (TPSA) is 76.4 Å². The van der Waals surface area contributed by atoms with Crippen LogP contribution in [-0.4, -0.2) is 49.4 Å². The minimum Gasteiger partial charge on any atom is -0.367 e. The maximum absolute atomic E-state index is 13.3. The predicted octanol–water partition coefficient (Wildman–Crippen LogP) is 3.02. The van der Waals surface area contributed by atoms with Crippen molar-refractivity contribution in [1.29, 1.82) is 5.26 Å². The number of anilines is 1. The highest BCUT2D eigenvalue weighted by Crippen LogP contribution is 2.35. The zero-order chi connectivity index (χ0) is 22.1. The molecule has 10 heteroatoms. The van der Waals surface area contributed by atoms with Gasteiger partial charge in [-0.25, -0.2) is 0 Å². The van der Waals surface area contributed by atoms with Crippen LogP contribution in [0.2, 0.25) is 0 Å². The van der Waals surface area contributed by atoms with Crippen LogP contribution >= 0.6 is 11.3 Å². The number of piperazine rings is 1. The van der Waals surface area contributed by atoms with Crippen LogP contribution in [0.5, 0.6) is 0 Å². The quantitative estimate of drug-likeness (QED) is 0.803. The molecule has 0 spiro atoms. The van der Waals surface area contributed by atoms with E-state index in [1.807, 2.05) is 13.0 Å². The van der Waals surface area contributed by atoms with E-state index >= 15 is 0 Å². The highest BCUT2D eigenvalue weighted by atomic mass is 32.1. The Kier molecular flexibility index (Phi) is 6.03. The second-order valence-electron chi connectivity index (χ2n) is 6.85. The van der Waals surface area contributed by atoms with Gasteiger partial charge in [-0.05, 0) is 42.1 Å². The fraction of sp³-hybridized carbons (Fsp3) is 0.350. The lowest BCUT2D eigenvalue weighted by atomic mass is 10.0. The summed E-state index contributed by atoms with van der Waals surface area (Å²) in [4.78, 5) is 29.1. The summed E-state index contributed by atoms with van der Waals surface area (Å²) in [5, 5.41) is 13.3. The number of nitrogens with zero attached hydrogens (tertiary/aromatic N) is 3. The van der Waals surface area contributed by atoms with Crippen LogP contribution in [0.4, 0.5) is 18.9 Å². The summed E-state index contributed by atoms with van der Waals surface area (Å²) < 4.78 is 40.0. The Hall–Kier alpha value is -3.06. The SMILES string of the molecule is CNC(=O)C1CN(c2ccc(C#N)c(C(F)(F)F)c2)CCN1C(=O)c1sccc1C. The Balaban J connectivity index is 1.91. The van der Waals surface area contributed by atoms with Crippen molar-refractivity contribution in [2.24, 2.45) is 0 Å². The minimum atomic E-state index is -4.67. The number of benzene rings is 1. The third-order valence-corrected chi connectivity index (χ3v) is 6.05. The summed E-state index contributed by atoms with van der Waals surface area (Å²) in [5.41, 5.74) is -0.428. The second-order valence-corrected chi connectivity index (χ2v) is 7.76. The largest absolute Gasteiger partial charge is 0.417 e. The van der Waals surface area contributed by atoms with Gasteiger partial charge in [0.2, 0.25) is 5.91 Å². The molecule has 2 amide bonds. The number of nitrogens with one attached hydrogen (secondary N) is 1. The van der Waals surface area contributed by atoms with Crippen molar-refractivity contribution in [2.45, 2.75) is 19.1 Å². The van der Waals surface area contributed by atoms with Crippen LogP contribution in [0.15, 0.2) is 29.6 Å². The highest BCUT2D eigenvalue weighted by Gasteiger charge is 2.38. The van der Waals surface area contributed by atoms with Crippen molar-refractivity contribution < 1.29 is 22.8 Å². The molecule has 1 aliphatic rings. The van der Waals surface area contributed by atoms with E-state index in [1.54, 1.807) is 16.3 Å². The maximum Gasteiger partial charge on any atom is 0.417 e. The molecule has 1 aromatic carbocycles. The van der Waals surface area contributed by atoms with E-state index in [1.165, 1.54) is 29.4 Å². The van der Waals surface area contributed by atoms with Crippen molar-refractivity contribution >= 4 is 28.8 Å². The summed E-state index contributed by atoms with van der Waals surface area (Å²) in [5.74, 6) is -0.668. The number of carbonyl (C=O) groups excluding carboxylic acids is 2. The molecule has 1 aliphatic heterocycles. The molecule has 1 saturated heterocycles.